The first-order valence-electron chi connectivity index (χ1n) is 6.35. The van der Waals surface area contributed by atoms with Crippen LogP contribution in [-0.2, 0) is 27.9 Å². The van der Waals surface area contributed by atoms with Crippen LogP contribution in [0.25, 0.3) is 0 Å². The van der Waals surface area contributed by atoms with Crippen LogP contribution in [0.3, 0.4) is 0 Å². The van der Waals surface area contributed by atoms with Crippen LogP contribution in [0.2, 0.25) is 0 Å². The highest BCUT2D eigenvalue weighted by Gasteiger charge is 1.99. The van der Waals surface area contributed by atoms with E-state index in [1.54, 1.807) is 24.3 Å². The molecule has 0 atom stereocenters. The van der Waals surface area contributed by atoms with E-state index in [0.717, 1.165) is 11.1 Å². The highest BCUT2D eigenvalue weighted by Crippen LogP contribution is 2.14. The third-order valence-electron chi connectivity index (χ3n) is 2.73. The molecule has 108 valence electrons. The van der Waals surface area contributed by atoms with E-state index in [-0.39, 0.29) is 0 Å². The average Bonchev–Trinajstić information content (AvgIpc) is 2.55. The van der Waals surface area contributed by atoms with E-state index in [1.165, 1.54) is 7.11 Å². The Balaban J connectivity index is 1.78. The Morgan fingerprint density at radius 1 is 0.857 bits per heavy atom. The third kappa shape index (κ3) is 4.89. The Labute approximate surface area is 123 Å². The first kappa shape index (κ1) is 15.0. The molecule has 2 aromatic rings. The fraction of sp³-hybridized carbons (Fsp3) is 0.188. The quantitative estimate of drug-likeness (QED) is 0.577. The van der Waals surface area contributed by atoms with E-state index in [9.17, 15) is 0 Å². The molecule has 0 saturated carbocycles. The predicted molar refractivity (Wildman–Crippen MR) is 74.8 cm³/mol. The van der Waals surface area contributed by atoms with Crippen molar-refractivity contribution < 1.29 is 19.6 Å². The monoisotopic (exact) mass is 285 g/mol. The molecule has 2 rings (SSSR count). The van der Waals surface area contributed by atoms with Gasteiger partial charge < -0.3 is 4.89 Å². The van der Waals surface area contributed by atoms with Crippen LogP contribution in [0.1, 0.15) is 16.7 Å². The summed E-state index contributed by atoms with van der Waals surface area (Å²) in [4.78, 5) is 19.7. The minimum atomic E-state index is 0.306. The predicted octanol–water partition coefficient (Wildman–Crippen LogP) is 3.15. The van der Waals surface area contributed by atoms with Crippen LogP contribution < -0.4 is 4.89 Å². The van der Waals surface area contributed by atoms with E-state index >= 15 is 0 Å². The summed E-state index contributed by atoms with van der Waals surface area (Å²) in [6.45, 7) is 0.684. The molecule has 0 aliphatic heterocycles. The summed E-state index contributed by atoms with van der Waals surface area (Å²) in [6.07, 6.45) is 0. The Hall–Kier alpha value is -2.39. The van der Waals surface area contributed by atoms with E-state index in [1.807, 2.05) is 24.3 Å². The van der Waals surface area contributed by atoms with Gasteiger partial charge in [0.05, 0.1) is 18.7 Å². The number of hydrogen-bond acceptors (Lipinski definition) is 5. The van der Waals surface area contributed by atoms with Gasteiger partial charge in [0.15, 0.2) is 5.75 Å². The lowest BCUT2D eigenvalue weighted by Crippen LogP contribution is -1.98. The molecular weight excluding hydrogens is 270 g/mol. The smallest absolute Gasteiger partial charge is 0.165 e. The molecule has 0 saturated heterocycles. The van der Waals surface area contributed by atoms with Gasteiger partial charge in [-0.25, -0.2) is 9.78 Å². The number of hydrogen-bond donors (Lipinski definition) is 0. The zero-order chi connectivity index (χ0) is 14.9. The molecule has 0 aliphatic carbocycles. The molecule has 0 aliphatic rings. The van der Waals surface area contributed by atoms with Crippen molar-refractivity contribution in [3.05, 3.63) is 65.2 Å². The first-order chi connectivity index (χ1) is 10.3. The number of rotatable bonds is 7. The van der Waals surface area contributed by atoms with Crippen LogP contribution in [-0.4, -0.2) is 7.11 Å². The van der Waals surface area contributed by atoms with Crippen molar-refractivity contribution in [2.45, 2.75) is 13.2 Å². The molecule has 2 aromatic carbocycles. The number of nitrogens with zero attached hydrogens (tertiary/aromatic N) is 1. The fourth-order valence-electron chi connectivity index (χ4n) is 1.61. The van der Waals surface area contributed by atoms with E-state index in [2.05, 4.69) is 11.0 Å². The largest absolute Gasteiger partial charge is 0.337 e. The Morgan fingerprint density at radius 3 is 2.00 bits per heavy atom. The molecule has 0 unspecified atom stereocenters. The van der Waals surface area contributed by atoms with Gasteiger partial charge in [0, 0.05) is 0 Å². The summed E-state index contributed by atoms with van der Waals surface area (Å²) in [6, 6.07) is 16.5. The third-order valence-corrected chi connectivity index (χ3v) is 2.73. The van der Waals surface area contributed by atoms with Crippen LogP contribution in [0.15, 0.2) is 48.5 Å². The van der Waals surface area contributed by atoms with Crippen LogP contribution in [0.5, 0.6) is 5.75 Å². The second kappa shape index (κ2) is 8.02. The number of nitriles is 1. The molecule has 0 spiro atoms. The van der Waals surface area contributed by atoms with Gasteiger partial charge in [-0.1, -0.05) is 24.3 Å². The zero-order valence-corrected chi connectivity index (χ0v) is 11.6. The summed E-state index contributed by atoms with van der Waals surface area (Å²) < 4.78 is 0. The second-order valence-electron chi connectivity index (χ2n) is 4.23. The molecule has 5 nitrogen and oxygen atoms in total. The Kier molecular flexibility index (Phi) is 5.73. The fourth-order valence-corrected chi connectivity index (χ4v) is 1.61. The Morgan fingerprint density at radius 2 is 1.43 bits per heavy atom. The van der Waals surface area contributed by atoms with Gasteiger partial charge in [0.1, 0.15) is 13.2 Å². The molecule has 0 radical (unpaired) electrons. The average molecular weight is 285 g/mol. The van der Waals surface area contributed by atoms with Crippen LogP contribution in [0, 0.1) is 11.3 Å². The van der Waals surface area contributed by atoms with Gasteiger partial charge in [0.25, 0.3) is 0 Å². The molecular formula is C16H15NO4. The van der Waals surface area contributed by atoms with Gasteiger partial charge in [-0.15, -0.1) is 0 Å². The highest BCUT2D eigenvalue weighted by atomic mass is 17.2. The molecule has 0 bridgehead atoms. The normalized spacial score (nSPS) is 10.1. The molecule has 21 heavy (non-hydrogen) atoms. The summed E-state index contributed by atoms with van der Waals surface area (Å²) in [7, 11) is 1.47. The van der Waals surface area contributed by atoms with Crippen LogP contribution in [0.4, 0.5) is 0 Å². The van der Waals surface area contributed by atoms with Gasteiger partial charge in [-0.3, -0.25) is 0 Å². The van der Waals surface area contributed by atoms with Crippen molar-refractivity contribution in [1.29, 1.82) is 5.26 Å². The van der Waals surface area contributed by atoms with E-state index in [0.29, 0.717) is 24.5 Å². The molecule has 5 heteroatoms. The minimum absolute atomic E-state index is 0.306. The van der Waals surface area contributed by atoms with Gasteiger partial charge in [-0.05, 0) is 35.4 Å². The minimum Gasteiger partial charge on any atom is -0.337 e. The van der Waals surface area contributed by atoms with Crippen molar-refractivity contribution >= 4 is 0 Å². The maximum Gasteiger partial charge on any atom is 0.165 e. The lowest BCUT2D eigenvalue weighted by Gasteiger charge is -2.06. The maximum absolute atomic E-state index is 8.71. The number of benzene rings is 2. The van der Waals surface area contributed by atoms with Crippen molar-refractivity contribution in [3.8, 4) is 11.8 Å². The topological polar surface area (TPSA) is 60.7 Å². The van der Waals surface area contributed by atoms with E-state index in [4.69, 9.17) is 19.9 Å². The van der Waals surface area contributed by atoms with Crippen molar-refractivity contribution in [1.82, 2.24) is 0 Å². The van der Waals surface area contributed by atoms with Crippen molar-refractivity contribution in [2.24, 2.45) is 0 Å². The van der Waals surface area contributed by atoms with Gasteiger partial charge >= 0.3 is 0 Å². The van der Waals surface area contributed by atoms with E-state index < -0.39 is 0 Å². The maximum atomic E-state index is 8.71. The van der Waals surface area contributed by atoms with Crippen molar-refractivity contribution in [3.63, 3.8) is 0 Å². The molecule has 0 heterocycles. The van der Waals surface area contributed by atoms with Gasteiger partial charge in [-0.2, -0.15) is 10.1 Å². The first-order valence-corrected chi connectivity index (χ1v) is 6.35. The lowest BCUT2D eigenvalue weighted by atomic mass is 10.2. The summed E-state index contributed by atoms with van der Waals surface area (Å²) >= 11 is 0. The standard InChI is InChI=1S/C16H15NO4/c1-18-19-11-15-6-8-16(9-7-15)21-20-12-14-4-2-13(10-17)3-5-14/h2-9H,11-12H2,1H3. The molecule has 0 aromatic heterocycles. The molecule has 0 N–H and O–H groups in total. The second-order valence-corrected chi connectivity index (χ2v) is 4.23. The summed E-state index contributed by atoms with van der Waals surface area (Å²) in [5.74, 6) is 0.602. The highest BCUT2D eigenvalue weighted by molar-refractivity contribution is 5.31. The summed E-state index contributed by atoms with van der Waals surface area (Å²) in [5.41, 5.74) is 2.52. The lowest BCUT2D eigenvalue weighted by molar-refractivity contribution is -0.282. The zero-order valence-electron chi connectivity index (χ0n) is 11.6. The summed E-state index contributed by atoms with van der Waals surface area (Å²) in [5, 5.41) is 8.71. The van der Waals surface area contributed by atoms with Crippen molar-refractivity contribution in [2.75, 3.05) is 7.11 Å². The SMILES string of the molecule is COOCc1ccc(OOCc2ccc(C#N)cc2)cc1. The molecule has 0 amide bonds. The Bertz CT molecular complexity index is 587. The van der Waals surface area contributed by atoms with Crippen LogP contribution >= 0.6 is 0 Å². The van der Waals surface area contributed by atoms with Gasteiger partial charge in [0.2, 0.25) is 0 Å². The molecule has 0 fully saturated rings.